The van der Waals surface area contributed by atoms with Gasteiger partial charge in [-0.3, -0.25) is 0 Å². The van der Waals surface area contributed by atoms with Gasteiger partial charge in [-0.25, -0.2) is 0 Å². The van der Waals surface area contributed by atoms with Crippen molar-refractivity contribution in [2.75, 3.05) is 0 Å². The van der Waals surface area contributed by atoms with Crippen LogP contribution in [0.1, 0.15) is 120 Å². The molecule has 13 aromatic rings. The van der Waals surface area contributed by atoms with E-state index in [0.717, 1.165) is 32.1 Å². The summed E-state index contributed by atoms with van der Waals surface area (Å²) in [6, 6.07) is 69.6. The van der Waals surface area contributed by atoms with Gasteiger partial charge in [-0.2, -0.15) is 0 Å². The second-order valence-electron chi connectivity index (χ2n) is 27.9. The lowest BCUT2D eigenvalue weighted by Crippen LogP contribution is -2.38. The first-order valence-electron chi connectivity index (χ1n) is 33.9. The highest BCUT2D eigenvalue weighted by molar-refractivity contribution is 6.47. The Morgan fingerprint density at radius 3 is 1.89 bits per heavy atom. The van der Waals surface area contributed by atoms with Crippen LogP contribution < -0.4 is 10.4 Å². The van der Waals surface area contributed by atoms with Gasteiger partial charge in [0.1, 0.15) is 0 Å². The quantitative estimate of drug-likeness (QED) is 0.149. The first-order chi connectivity index (χ1) is 45.3. The second kappa shape index (κ2) is 19.7. The maximum atomic E-state index is 2.68. The Morgan fingerprint density at radius 2 is 1.08 bits per heavy atom. The molecule has 436 valence electrons. The summed E-state index contributed by atoms with van der Waals surface area (Å²) < 4.78 is 0. The number of hydrogen-bond acceptors (Lipinski definition) is 0. The average molecular weight is 1170 g/mol. The zero-order valence-electron chi connectivity index (χ0n) is 52.6. The van der Waals surface area contributed by atoms with Crippen LogP contribution in [0.15, 0.2) is 260 Å². The van der Waals surface area contributed by atoms with Crippen LogP contribution >= 0.6 is 0 Å². The maximum absolute atomic E-state index is 2.68. The van der Waals surface area contributed by atoms with Crippen molar-refractivity contribution in [3.8, 4) is 33.4 Å². The summed E-state index contributed by atoms with van der Waals surface area (Å²) in [4.78, 5) is 0. The first kappa shape index (κ1) is 52.6. The molecule has 92 heavy (non-hydrogen) atoms. The van der Waals surface area contributed by atoms with Gasteiger partial charge in [-0.15, -0.1) is 0 Å². The van der Waals surface area contributed by atoms with E-state index in [4.69, 9.17) is 0 Å². The third kappa shape index (κ3) is 7.24. The van der Waals surface area contributed by atoms with E-state index < -0.39 is 0 Å². The van der Waals surface area contributed by atoms with E-state index in [1.165, 1.54) is 197 Å². The summed E-state index contributed by atoms with van der Waals surface area (Å²) in [5.41, 5.74) is 29.6. The molecule has 0 spiro atoms. The zero-order valence-corrected chi connectivity index (χ0v) is 52.6. The molecule has 0 radical (unpaired) electrons. The van der Waals surface area contributed by atoms with Crippen LogP contribution in [0.4, 0.5) is 0 Å². The van der Waals surface area contributed by atoms with Gasteiger partial charge in [-0.05, 0) is 280 Å². The van der Waals surface area contributed by atoms with Crippen molar-refractivity contribution in [2.24, 2.45) is 5.92 Å². The van der Waals surface area contributed by atoms with Crippen molar-refractivity contribution in [3.63, 3.8) is 0 Å². The Balaban J connectivity index is 0.819. The molecule has 13 aromatic carbocycles. The first-order valence-corrected chi connectivity index (χ1v) is 33.9. The Labute approximate surface area is 537 Å². The summed E-state index contributed by atoms with van der Waals surface area (Å²) in [6.45, 7) is 9.37. The number of aryl methyl sites for hydroxylation is 2. The van der Waals surface area contributed by atoms with Crippen LogP contribution in [-0.4, -0.2) is 0 Å². The molecule has 0 N–H and O–H groups in total. The molecular weight excluding hydrogens is 1110 g/mol. The van der Waals surface area contributed by atoms with Crippen molar-refractivity contribution in [3.05, 3.63) is 320 Å². The molecule has 0 fully saturated rings. The number of fused-ring (bicyclic) bond motifs is 14. The molecule has 0 saturated carbocycles. The highest BCUT2D eigenvalue weighted by Crippen LogP contribution is 2.61. The minimum atomic E-state index is 0.168. The van der Waals surface area contributed by atoms with E-state index in [-0.39, 0.29) is 11.8 Å². The summed E-state index contributed by atoms with van der Waals surface area (Å²) in [7, 11) is 0. The smallest absolute Gasteiger partial charge is 0.0218 e. The summed E-state index contributed by atoms with van der Waals surface area (Å²) in [5.74, 6) is 1.37. The number of hydrogen-bond donors (Lipinski definition) is 0. The van der Waals surface area contributed by atoms with Gasteiger partial charge < -0.3 is 0 Å². The van der Waals surface area contributed by atoms with Crippen LogP contribution in [0.25, 0.3) is 131 Å². The Morgan fingerprint density at radius 1 is 0.359 bits per heavy atom. The van der Waals surface area contributed by atoms with Gasteiger partial charge in [0, 0.05) is 23.7 Å². The number of rotatable bonds is 7. The summed E-state index contributed by atoms with van der Waals surface area (Å²) >= 11 is 0. The lowest BCUT2D eigenvalue weighted by Gasteiger charge is -2.33. The lowest BCUT2D eigenvalue weighted by molar-refractivity contribution is 0.605. The topological polar surface area (TPSA) is 0 Å². The molecule has 0 bridgehead atoms. The maximum Gasteiger partial charge on any atom is 0.0218 e. The third-order valence-corrected chi connectivity index (χ3v) is 23.1. The molecule has 5 atom stereocenters. The van der Waals surface area contributed by atoms with Crippen molar-refractivity contribution in [2.45, 2.75) is 83.5 Å². The van der Waals surface area contributed by atoms with E-state index in [2.05, 4.69) is 277 Å². The van der Waals surface area contributed by atoms with Crippen molar-refractivity contribution in [1.82, 2.24) is 0 Å². The van der Waals surface area contributed by atoms with E-state index >= 15 is 0 Å². The van der Waals surface area contributed by atoms with Crippen molar-refractivity contribution in [1.29, 1.82) is 0 Å². The molecule has 20 rings (SSSR count). The summed E-state index contributed by atoms with van der Waals surface area (Å²) in [5, 5.41) is 22.3. The van der Waals surface area contributed by atoms with Gasteiger partial charge in [-0.1, -0.05) is 237 Å². The molecule has 0 aliphatic heterocycles. The Hall–Kier alpha value is -10.1. The van der Waals surface area contributed by atoms with Crippen molar-refractivity contribution >= 4 is 97.7 Å². The minimum Gasteiger partial charge on any atom is -0.0842 e. The van der Waals surface area contributed by atoms with E-state index in [0.29, 0.717) is 17.8 Å². The molecule has 0 heterocycles. The fourth-order valence-corrected chi connectivity index (χ4v) is 19.4. The summed E-state index contributed by atoms with van der Waals surface area (Å²) in [6.07, 6.45) is 33.6. The Bertz CT molecular complexity index is 5870. The standard InChI is InChI=1S/C92H68/c1-51-20-16-21-52(2)79(51)62-49-75-65-41-40-60(46-76(65)92-86(75)78(50-62)81(58-28-12-7-13-29-58)88-71-35-19-33-68-69(43-45-73(84(68)71)91(88)92)80-53(3)22-17-23-54(80)4)56-36-38-59(39-37-56)82-77-48-61(55-24-8-5-9-25-55)47-74-64-30-14-15-31-67(64)87(85(74)77)90-72-44-42-63(57-26-10-6-11-27-57)66-32-18-34-70(83(66)72)89(82)90/h5-12,14-24,26-28,30-36,38,40-51,55,79,88,91H,13,25,29,37,39H2,1-4H3. The normalized spacial score (nSPS) is 20.3. The highest BCUT2D eigenvalue weighted by Gasteiger charge is 2.46. The lowest BCUT2D eigenvalue weighted by atomic mass is 9.70. The van der Waals surface area contributed by atoms with Gasteiger partial charge in [0.05, 0.1) is 0 Å². The SMILES string of the molecule is CC1=CC=CC(C)C1c1cc2c3c(c1)=C(C1=CC=CCC1)C1c4cccc5c(-c6c(C)cccc6C)ccc(c45)C1C=3c1cc(C3=CC=C(c4c5cc(C6C=CC=CC6)cc6c7ccccc7c(c56)c5c6ccc(-c7ccccc7)c7cccc(c45)c76)CC3)ccc1-2. The predicted molar refractivity (Wildman–Crippen MR) is 393 cm³/mol. The van der Waals surface area contributed by atoms with E-state index in [9.17, 15) is 0 Å². The van der Waals surface area contributed by atoms with Crippen LogP contribution in [0, 0.1) is 19.8 Å². The molecule has 0 aromatic heterocycles. The van der Waals surface area contributed by atoms with Gasteiger partial charge in [0.2, 0.25) is 0 Å². The molecule has 7 aliphatic carbocycles. The van der Waals surface area contributed by atoms with Crippen LogP contribution in [0.2, 0.25) is 0 Å². The predicted octanol–water partition coefficient (Wildman–Crippen LogP) is 23.2. The van der Waals surface area contributed by atoms with Crippen molar-refractivity contribution < 1.29 is 0 Å². The van der Waals surface area contributed by atoms with Gasteiger partial charge in [0.25, 0.3) is 0 Å². The molecule has 0 heteroatoms. The monoisotopic (exact) mass is 1170 g/mol. The average Bonchev–Trinajstić information content (AvgIpc) is 1.52. The molecular formula is C92H68. The largest absolute Gasteiger partial charge is 0.0842 e. The fourth-order valence-electron chi connectivity index (χ4n) is 19.4. The minimum absolute atomic E-state index is 0.168. The highest BCUT2D eigenvalue weighted by atomic mass is 14.5. The van der Waals surface area contributed by atoms with Gasteiger partial charge in [0.15, 0.2) is 0 Å². The molecule has 5 unspecified atom stereocenters. The van der Waals surface area contributed by atoms with E-state index in [1.54, 1.807) is 5.57 Å². The fraction of sp³-hybridized carbons (Fsp3) is 0.152. The van der Waals surface area contributed by atoms with E-state index in [1.807, 2.05) is 0 Å². The van der Waals surface area contributed by atoms with Crippen LogP contribution in [0.5, 0.6) is 0 Å². The van der Waals surface area contributed by atoms with Crippen LogP contribution in [-0.2, 0) is 0 Å². The molecule has 0 saturated heterocycles. The Kier molecular flexibility index (Phi) is 11.3. The van der Waals surface area contributed by atoms with Gasteiger partial charge >= 0.3 is 0 Å². The van der Waals surface area contributed by atoms with Crippen LogP contribution in [0.3, 0.4) is 0 Å². The number of allylic oxidation sites excluding steroid dienone is 16. The second-order valence-corrected chi connectivity index (χ2v) is 27.9. The third-order valence-electron chi connectivity index (χ3n) is 23.1. The zero-order chi connectivity index (χ0) is 60.8. The molecule has 7 aliphatic rings. The number of benzene rings is 11. The molecule has 0 nitrogen and oxygen atoms in total. The molecule has 0 amide bonds.